The number of Topliss-reactive ketones (excluding diaryl/α,β-unsaturated/α-hetero) is 1. The van der Waals surface area contributed by atoms with Crippen molar-refractivity contribution in [3.63, 3.8) is 0 Å². The van der Waals surface area contributed by atoms with Gasteiger partial charge >= 0.3 is 5.97 Å². The summed E-state index contributed by atoms with van der Waals surface area (Å²) in [6.07, 6.45) is 2.86. The van der Waals surface area contributed by atoms with Gasteiger partial charge in [-0.15, -0.1) is 0 Å². The fourth-order valence-electron chi connectivity index (χ4n) is 3.47. The van der Waals surface area contributed by atoms with Gasteiger partial charge in [0.05, 0.1) is 13.2 Å². The number of amides is 1. The predicted molar refractivity (Wildman–Crippen MR) is 110 cm³/mol. The molecule has 30 heavy (non-hydrogen) atoms. The van der Waals surface area contributed by atoms with Gasteiger partial charge in [-0.1, -0.05) is 24.3 Å². The van der Waals surface area contributed by atoms with E-state index in [-0.39, 0.29) is 30.9 Å². The normalized spacial score (nSPS) is 14.9. The molecule has 0 aliphatic heterocycles. The number of methoxy groups -OCH3 is 1. The fraction of sp³-hybridized carbons (Fsp3) is 0.348. The number of nitrogens with one attached hydrogen (secondary N) is 1. The maximum atomic E-state index is 12.2. The molecule has 0 saturated heterocycles. The van der Waals surface area contributed by atoms with Crippen LogP contribution in [0.4, 0.5) is 0 Å². The average Bonchev–Trinajstić information content (AvgIpc) is 2.76. The minimum absolute atomic E-state index is 0.0681. The van der Waals surface area contributed by atoms with E-state index in [1.165, 1.54) is 19.6 Å². The van der Waals surface area contributed by atoms with Crippen LogP contribution in [0.2, 0.25) is 0 Å². The van der Waals surface area contributed by atoms with Crippen LogP contribution in [0, 0.1) is 0 Å². The third kappa shape index (κ3) is 5.37. The number of carbonyl (C=O) groups is 3. The van der Waals surface area contributed by atoms with Crippen LogP contribution in [0.5, 0.6) is 11.5 Å². The number of aryl methyl sites for hydroxylation is 1. The largest absolute Gasteiger partial charge is 0.493 e. The highest BCUT2D eigenvalue weighted by molar-refractivity contribution is 5.94. The monoisotopic (exact) mass is 411 g/mol. The van der Waals surface area contributed by atoms with Crippen LogP contribution in [-0.4, -0.2) is 38.0 Å². The maximum Gasteiger partial charge on any atom is 0.344 e. The standard InChI is InChI=1S/C23H25NO6/c1-15(25)17-10-11-20(21(12-17)28-2)29-14-23(27)30-13-22(26)24-19-9-5-7-16-6-3-4-8-18(16)19/h3-4,6,8,10-12,19H,5,7,9,13-14H2,1-2H3,(H,24,26)/t19-/m1/s1. The second-order valence-corrected chi connectivity index (χ2v) is 7.08. The highest BCUT2D eigenvalue weighted by Gasteiger charge is 2.22. The van der Waals surface area contributed by atoms with Crippen molar-refractivity contribution in [2.24, 2.45) is 0 Å². The van der Waals surface area contributed by atoms with E-state index in [2.05, 4.69) is 11.4 Å². The van der Waals surface area contributed by atoms with Crippen LogP contribution in [0.15, 0.2) is 42.5 Å². The van der Waals surface area contributed by atoms with E-state index in [4.69, 9.17) is 14.2 Å². The Labute approximate surface area is 175 Å². The first-order valence-corrected chi connectivity index (χ1v) is 9.82. The summed E-state index contributed by atoms with van der Waals surface area (Å²) in [5.41, 5.74) is 2.83. The lowest BCUT2D eigenvalue weighted by Gasteiger charge is -2.26. The van der Waals surface area contributed by atoms with Crippen molar-refractivity contribution in [3.05, 3.63) is 59.2 Å². The fourth-order valence-corrected chi connectivity index (χ4v) is 3.47. The van der Waals surface area contributed by atoms with Gasteiger partial charge in [0.2, 0.25) is 0 Å². The number of hydrogen-bond donors (Lipinski definition) is 1. The van der Waals surface area contributed by atoms with Gasteiger partial charge in [0.1, 0.15) is 0 Å². The number of benzene rings is 2. The van der Waals surface area contributed by atoms with Crippen molar-refractivity contribution in [1.82, 2.24) is 5.32 Å². The van der Waals surface area contributed by atoms with E-state index >= 15 is 0 Å². The van der Waals surface area contributed by atoms with Crippen LogP contribution in [0.1, 0.15) is 47.3 Å². The summed E-state index contributed by atoms with van der Waals surface area (Å²) in [4.78, 5) is 35.6. The second kappa shape index (κ2) is 9.91. The Morgan fingerprint density at radius 1 is 1.07 bits per heavy atom. The molecule has 1 aliphatic rings. The zero-order chi connectivity index (χ0) is 21.5. The summed E-state index contributed by atoms with van der Waals surface area (Å²) >= 11 is 0. The lowest BCUT2D eigenvalue weighted by molar-refractivity contribution is -0.150. The molecule has 0 heterocycles. The molecule has 1 N–H and O–H groups in total. The second-order valence-electron chi connectivity index (χ2n) is 7.08. The Morgan fingerprint density at radius 3 is 2.63 bits per heavy atom. The minimum Gasteiger partial charge on any atom is -0.493 e. The highest BCUT2D eigenvalue weighted by atomic mass is 16.6. The summed E-state index contributed by atoms with van der Waals surface area (Å²) in [6, 6.07) is 12.6. The van der Waals surface area contributed by atoms with Gasteiger partial charge < -0.3 is 19.5 Å². The molecule has 7 heteroatoms. The highest BCUT2D eigenvalue weighted by Crippen LogP contribution is 2.29. The molecule has 0 saturated carbocycles. The van der Waals surface area contributed by atoms with Crippen LogP contribution < -0.4 is 14.8 Å². The van der Waals surface area contributed by atoms with Crippen LogP contribution in [-0.2, 0) is 20.7 Å². The molecule has 158 valence electrons. The molecule has 1 aliphatic carbocycles. The first-order valence-electron chi connectivity index (χ1n) is 9.82. The van der Waals surface area contributed by atoms with Gasteiger partial charge in [0, 0.05) is 5.56 Å². The topological polar surface area (TPSA) is 90.9 Å². The van der Waals surface area contributed by atoms with Crippen molar-refractivity contribution < 1.29 is 28.6 Å². The molecule has 3 rings (SSSR count). The van der Waals surface area contributed by atoms with Gasteiger partial charge in [-0.2, -0.15) is 0 Å². The summed E-state index contributed by atoms with van der Waals surface area (Å²) in [7, 11) is 1.44. The summed E-state index contributed by atoms with van der Waals surface area (Å²) in [5, 5.41) is 2.93. The van der Waals surface area contributed by atoms with Crippen molar-refractivity contribution in [2.45, 2.75) is 32.2 Å². The van der Waals surface area contributed by atoms with Gasteiger partial charge in [0.25, 0.3) is 5.91 Å². The van der Waals surface area contributed by atoms with Crippen LogP contribution in [0.25, 0.3) is 0 Å². The number of esters is 1. The van der Waals surface area contributed by atoms with E-state index in [1.807, 2.05) is 18.2 Å². The molecule has 1 atom stereocenters. The third-order valence-corrected chi connectivity index (χ3v) is 4.98. The minimum atomic E-state index is -0.674. The van der Waals surface area contributed by atoms with Gasteiger partial charge in [-0.25, -0.2) is 4.79 Å². The molecule has 2 aromatic rings. The summed E-state index contributed by atoms with van der Waals surface area (Å²) < 4.78 is 15.6. The SMILES string of the molecule is COc1cc(C(C)=O)ccc1OCC(=O)OCC(=O)N[C@@H]1CCCc2ccccc21. The third-order valence-electron chi connectivity index (χ3n) is 4.98. The first kappa shape index (κ1) is 21.4. The molecular formula is C23H25NO6. The lowest BCUT2D eigenvalue weighted by atomic mass is 9.88. The number of ketones is 1. The Morgan fingerprint density at radius 2 is 1.87 bits per heavy atom. The quantitative estimate of drug-likeness (QED) is 0.530. The van der Waals surface area contributed by atoms with Crippen LogP contribution in [0.3, 0.4) is 0 Å². The van der Waals surface area contributed by atoms with Crippen molar-refractivity contribution in [3.8, 4) is 11.5 Å². The van der Waals surface area contributed by atoms with E-state index in [0.717, 1.165) is 24.8 Å². The zero-order valence-electron chi connectivity index (χ0n) is 17.1. The summed E-state index contributed by atoms with van der Waals surface area (Å²) in [6.45, 7) is 0.695. The van der Waals surface area contributed by atoms with E-state index in [0.29, 0.717) is 17.1 Å². The number of carbonyl (C=O) groups excluding carboxylic acids is 3. The summed E-state index contributed by atoms with van der Waals surface area (Å²) in [5.74, 6) is -0.488. The number of ether oxygens (including phenoxy) is 3. The molecule has 0 unspecified atom stereocenters. The van der Waals surface area contributed by atoms with Gasteiger partial charge in [-0.05, 0) is 55.5 Å². The molecule has 7 nitrogen and oxygen atoms in total. The van der Waals surface area contributed by atoms with E-state index in [9.17, 15) is 14.4 Å². The Kier molecular flexibility index (Phi) is 7.06. The van der Waals surface area contributed by atoms with Crippen LogP contribution >= 0.6 is 0 Å². The van der Waals surface area contributed by atoms with Crippen molar-refractivity contribution in [2.75, 3.05) is 20.3 Å². The first-order chi connectivity index (χ1) is 14.5. The Balaban J connectivity index is 1.47. The van der Waals surface area contributed by atoms with Gasteiger partial charge in [-0.3, -0.25) is 9.59 Å². The molecular weight excluding hydrogens is 386 g/mol. The molecule has 0 bridgehead atoms. The number of rotatable bonds is 8. The number of fused-ring (bicyclic) bond motifs is 1. The Bertz CT molecular complexity index is 939. The van der Waals surface area contributed by atoms with E-state index in [1.54, 1.807) is 18.2 Å². The molecule has 0 aromatic heterocycles. The lowest BCUT2D eigenvalue weighted by Crippen LogP contribution is -2.34. The van der Waals surface area contributed by atoms with E-state index < -0.39 is 5.97 Å². The smallest absolute Gasteiger partial charge is 0.344 e. The number of hydrogen-bond acceptors (Lipinski definition) is 6. The Hall–Kier alpha value is -3.35. The predicted octanol–water partition coefficient (Wildman–Crippen LogP) is 3.01. The molecule has 1 amide bonds. The molecule has 0 fully saturated rings. The average molecular weight is 411 g/mol. The van der Waals surface area contributed by atoms with Crippen molar-refractivity contribution in [1.29, 1.82) is 0 Å². The molecule has 0 radical (unpaired) electrons. The van der Waals surface area contributed by atoms with Gasteiger partial charge in [0.15, 0.2) is 30.5 Å². The van der Waals surface area contributed by atoms with Crippen molar-refractivity contribution >= 4 is 17.7 Å². The molecule has 2 aromatic carbocycles. The molecule has 0 spiro atoms. The zero-order valence-corrected chi connectivity index (χ0v) is 17.1. The maximum absolute atomic E-state index is 12.2.